The van der Waals surface area contributed by atoms with E-state index in [0.29, 0.717) is 0 Å². The molecule has 1 aromatic rings. The van der Waals surface area contributed by atoms with Crippen LogP contribution in [-0.4, -0.2) is 60.7 Å². The van der Waals surface area contributed by atoms with E-state index in [2.05, 4.69) is 20.9 Å². The van der Waals surface area contributed by atoms with Crippen LogP contribution in [0.2, 0.25) is 0 Å². The molecule has 3 fully saturated rings. The predicted molar refractivity (Wildman–Crippen MR) is 86.5 cm³/mol. The molecule has 0 N–H and O–H groups in total. The van der Waals surface area contributed by atoms with Crippen LogP contribution in [-0.2, 0) is 11.3 Å². The SMILES string of the molecule is c1cncc(CN2C[C@@H]3CN(CC4CCOCC4)C[C@@H]3C2)c1. The zero-order valence-electron chi connectivity index (χ0n) is 13.4. The maximum absolute atomic E-state index is 5.48. The molecule has 4 heteroatoms. The lowest BCUT2D eigenvalue weighted by Gasteiger charge is -2.28. The third-order valence-electron chi connectivity index (χ3n) is 5.62. The van der Waals surface area contributed by atoms with Crippen molar-refractivity contribution in [1.29, 1.82) is 0 Å². The fourth-order valence-corrected chi connectivity index (χ4v) is 4.51. The molecule has 3 aliphatic heterocycles. The Morgan fingerprint density at radius 1 is 1.05 bits per heavy atom. The molecule has 0 radical (unpaired) electrons. The Labute approximate surface area is 133 Å². The molecule has 3 saturated heterocycles. The van der Waals surface area contributed by atoms with Gasteiger partial charge in [0.05, 0.1) is 0 Å². The molecule has 22 heavy (non-hydrogen) atoms. The lowest BCUT2D eigenvalue weighted by molar-refractivity contribution is 0.0541. The summed E-state index contributed by atoms with van der Waals surface area (Å²) in [4.78, 5) is 9.58. The van der Waals surface area contributed by atoms with Crippen molar-refractivity contribution >= 4 is 0 Å². The second-order valence-electron chi connectivity index (χ2n) is 7.35. The van der Waals surface area contributed by atoms with Gasteiger partial charge in [-0.25, -0.2) is 0 Å². The highest BCUT2D eigenvalue weighted by Gasteiger charge is 2.40. The number of fused-ring (bicyclic) bond motifs is 1. The lowest BCUT2D eigenvalue weighted by atomic mass is 10.00. The zero-order valence-corrected chi connectivity index (χ0v) is 13.4. The van der Waals surface area contributed by atoms with Crippen molar-refractivity contribution in [3.05, 3.63) is 30.1 Å². The lowest BCUT2D eigenvalue weighted by Crippen LogP contribution is -2.34. The minimum absolute atomic E-state index is 0.874. The molecule has 120 valence electrons. The fourth-order valence-electron chi connectivity index (χ4n) is 4.51. The van der Waals surface area contributed by atoms with Gasteiger partial charge in [0, 0.05) is 64.9 Å². The van der Waals surface area contributed by atoms with Crippen molar-refractivity contribution in [3.63, 3.8) is 0 Å². The van der Waals surface area contributed by atoms with Crippen LogP contribution in [0.3, 0.4) is 0 Å². The van der Waals surface area contributed by atoms with Crippen LogP contribution < -0.4 is 0 Å². The quantitative estimate of drug-likeness (QED) is 0.849. The molecule has 0 aliphatic carbocycles. The summed E-state index contributed by atoms with van der Waals surface area (Å²) in [6.07, 6.45) is 6.39. The Kier molecular flexibility index (Phi) is 4.42. The van der Waals surface area contributed by atoms with Crippen LogP contribution in [0.4, 0.5) is 0 Å². The van der Waals surface area contributed by atoms with E-state index in [1.807, 2.05) is 18.5 Å². The normalized spacial score (nSPS) is 30.7. The van der Waals surface area contributed by atoms with Gasteiger partial charge in [0.2, 0.25) is 0 Å². The van der Waals surface area contributed by atoms with Gasteiger partial charge >= 0.3 is 0 Å². The molecule has 4 nitrogen and oxygen atoms in total. The minimum atomic E-state index is 0.874. The molecule has 3 aliphatic rings. The summed E-state index contributed by atoms with van der Waals surface area (Å²) in [6, 6.07) is 4.24. The number of rotatable bonds is 4. The standard InChI is InChI=1S/C18H27N3O/c1-2-16(8-19-5-1)10-21-13-17-11-20(12-18(17)14-21)9-15-3-6-22-7-4-15/h1-2,5,8,15,17-18H,3-4,6-7,9-14H2/t17-,18+. The van der Waals surface area contributed by atoms with Crippen molar-refractivity contribution in [3.8, 4) is 0 Å². The van der Waals surface area contributed by atoms with E-state index in [1.54, 1.807) is 0 Å². The molecular formula is C18H27N3O. The van der Waals surface area contributed by atoms with E-state index in [-0.39, 0.29) is 0 Å². The number of ether oxygens (including phenoxy) is 1. The number of pyridine rings is 1. The Morgan fingerprint density at radius 3 is 2.45 bits per heavy atom. The second-order valence-corrected chi connectivity index (χ2v) is 7.35. The van der Waals surface area contributed by atoms with Gasteiger partial charge in [0.25, 0.3) is 0 Å². The van der Waals surface area contributed by atoms with Gasteiger partial charge < -0.3 is 9.64 Å². The summed E-state index contributed by atoms with van der Waals surface area (Å²) in [6.45, 7) is 9.49. The van der Waals surface area contributed by atoms with Gasteiger partial charge in [-0.05, 0) is 42.2 Å². The first kappa shape index (κ1) is 14.6. The van der Waals surface area contributed by atoms with E-state index in [0.717, 1.165) is 37.5 Å². The van der Waals surface area contributed by atoms with Crippen molar-refractivity contribution in [1.82, 2.24) is 14.8 Å². The molecule has 0 saturated carbocycles. The Hall–Kier alpha value is -0.970. The average molecular weight is 301 g/mol. The van der Waals surface area contributed by atoms with Crippen molar-refractivity contribution in [2.75, 3.05) is 45.9 Å². The molecule has 0 unspecified atom stereocenters. The number of hydrogen-bond donors (Lipinski definition) is 0. The van der Waals surface area contributed by atoms with Crippen LogP contribution in [0.15, 0.2) is 24.5 Å². The zero-order chi connectivity index (χ0) is 14.8. The summed E-state index contributed by atoms with van der Waals surface area (Å²) in [5.74, 6) is 2.65. The molecule has 1 aromatic heterocycles. The summed E-state index contributed by atoms with van der Waals surface area (Å²) < 4.78 is 5.48. The molecule has 0 bridgehead atoms. The van der Waals surface area contributed by atoms with Gasteiger partial charge in [0.15, 0.2) is 0 Å². The van der Waals surface area contributed by atoms with Gasteiger partial charge in [-0.2, -0.15) is 0 Å². The smallest absolute Gasteiger partial charge is 0.0469 e. The van der Waals surface area contributed by atoms with Gasteiger partial charge in [-0.1, -0.05) is 6.07 Å². The van der Waals surface area contributed by atoms with Gasteiger partial charge in [0.1, 0.15) is 0 Å². The number of likely N-dealkylation sites (tertiary alicyclic amines) is 2. The summed E-state index contributed by atoms with van der Waals surface area (Å²) >= 11 is 0. The molecule has 0 amide bonds. The Bertz CT molecular complexity index is 460. The third-order valence-corrected chi connectivity index (χ3v) is 5.62. The summed E-state index contributed by atoms with van der Waals surface area (Å²) in [7, 11) is 0. The maximum atomic E-state index is 5.48. The Morgan fingerprint density at radius 2 is 1.77 bits per heavy atom. The van der Waals surface area contributed by atoms with E-state index in [9.17, 15) is 0 Å². The van der Waals surface area contributed by atoms with Crippen LogP contribution in [0.1, 0.15) is 18.4 Å². The highest BCUT2D eigenvalue weighted by molar-refractivity contribution is 5.09. The number of aromatic nitrogens is 1. The van der Waals surface area contributed by atoms with E-state index in [4.69, 9.17) is 4.74 Å². The third kappa shape index (κ3) is 3.34. The number of hydrogen-bond acceptors (Lipinski definition) is 4. The fraction of sp³-hybridized carbons (Fsp3) is 0.722. The maximum Gasteiger partial charge on any atom is 0.0469 e. The first-order valence-corrected chi connectivity index (χ1v) is 8.78. The van der Waals surface area contributed by atoms with E-state index >= 15 is 0 Å². The topological polar surface area (TPSA) is 28.6 Å². The van der Waals surface area contributed by atoms with Crippen molar-refractivity contribution < 1.29 is 4.74 Å². The van der Waals surface area contributed by atoms with E-state index < -0.39 is 0 Å². The highest BCUT2D eigenvalue weighted by Crippen LogP contribution is 2.32. The summed E-state index contributed by atoms with van der Waals surface area (Å²) in [5.41, 5.74) is 1.35. The van der Waals surface area contributed by atoms with Gasteiger partial charge in [-0.15, -0.1) is 0 Å². The Balaban J connectivity index is 1.25. The average Bonchev–Trinajstić information content (AvgIpc) is 3.07. The van der Waals surface area contributed by atoms with Gasteiger partial charge in [-0.3, -0.25) is 9.88 Å². The van der Waals surface area contributed by atoms with Crippen LogP contribution >= 0.6 is 0 Å². The highest BCUT2D eigenvalue weighted by atomic mass is 16.5. The molecule has 4 rings (SSSR count). The van der Waals surface area contributed by atoms with Crippen LogP contribution in [0.25, 0.3) is 0 Å². The van der Waals surface area contributed by atoms with E-state index in [1.165, 1.54) is 51.1 Å². The van der Waals surface area contributed by atoms with Crippen molar-refractivity contribution in [2.45, 2.75) is 19.4 Å². The second kappa shape index (κ2) is 6.65. The minimum Gasteiger partial charge on any atom is -0.381 e. The monoisotopic (exact) mass is 301 g/mol. The molecule has 0 spiro atoms. The predicted octanol–water partition coefficient (Wildman–Crippen LogP) is 1.87. The largest absolute Gasteiger partial charge is 0.381 e. The first-order chi connectivity index (χ1) is 10.9. The molecule has 2 atom stereocenters. The van der Waals surface area contributed by atoms with Crippen LogP contribution in [0, 0.1) is 17.8 Å². The molecular weight excluding hydrogens is 274 g/mol. The molecule has 4 heterocycles. The summed E-state index contributed by atoms with van der Waals surface area (Å²) in [5, 5.41) is 0. The number of nitrogens with zero attached hydrogens (tertiary/aromatic N) is 3. The van der Waals surface area contributed by atoms with Crippen molar-refractivity contribution in [2.24, 2.45) is 17.8 Å². The molecule has 0 aromatic carbocycles. The first-order valence-electron chi connectivity index (χ1n) is 8.78. The van der Waals surface area contributed by atoms with Crippen LogP contribution in [0.5, 0.6) is 0 Å².